The van der Waals surface area contributed by atoms with Crippen LogP contribution in [0, 0.1) is 0 Å². The summed E-state index contributed by atoms with van der Waals surface area (Å²) in [6.07, 6.45) is 3.67. The van der Waals surface area contributed by atoms with Crippen LogP contribution in [-0.4, -0.2) is 28.0 Å². The molecule has 0 bridgehead atoms. The SMILES string of the molecule is CC(C)n1cc(C2(O)CNC2)cn1. The Labute approximate surface area is 77.6 Å². The lowest BCUT2D eigenvalue weighted by Crippen LogP contribution is -2.56. The molecule has 1 saturated heterocycles. The minimum atomic E-state index is -0.673. The molecule has 4 nitrogen and oxygen atoms in total. The molecule has 1 aromatic heterocycles. The van der Waals surface area contributed by atoms with Gasteiger partial charge in [-0.2, -0.15) is 5.10 Å². The van der Waals surface area contributed by atoms with Gasteiger partial charge in [0.25, 0.3) is 0 Å². The second kappa shape index (κ2) is 2.82. The lowest BCUT2D eigenvalue weighted by atomic mass is 9.91. The maximum atomic E-state index is 9.96. The molecule has 13 heavy (non-hydrogen) atoms. The van der Waals surface area contributed by atoms with E-state index in [-0.39, 0.29) is 0 Å². The van der Waals surface area contributed by atoms with Gasteiger partial charge >= 0.3 is 0 Å². The zero-order valence-corrected chi connectivity index (χ0v) is 7.99. The van der Waals surface area contributed by atoms with Crippen molar-refractivity contribution in [3.05, 3.63) is 18.0 Å². The number of hydrogen-bond acceptors (Lipinski definition) is 3. The molecular formula is C9H15N3O. The Kier molecular flexibility index (Phi) is 1.89. The van der Waals surface area contributed by atoms with Crippen LogP contribution in [0.4, 0.5) is 0 Å². The standard InChI is InChI=1S/C9H15N3O/c1-7(2)12-4-8(3-11-12)9(13)5-10-6-9/h3-4,7,10,13H,5-6H2,1-2H3. The van der Waals surface area contributed by atoms with Gasteiger partial charge in [0, 0.05) is 30.9 Å². The lowest BCUT2D eigenvalue weighted by molar-refractivity contribution is -0.0147. The van der Waals surface area contributed by atoms with Crippen LogP contribution < -0.4 is 5.32 Å². The Morgan fingerprint density at radius 2 is 2.31 bits per heavy atom. The molecule has 0 aromatic carbocycles. The molecular weight excluding hydrogens is 166 g/mol. The van der Waals surface area contributed by atoms with Gasteiger partial charge < -0.3 is 10.4 Å². The first-order valence-electron chi connectivity index (χ1n) is 4.59. The Bertz CT molecular complexity index is 302. The van der Waals surface area contributed by atoms with E-state index in [1.54, 1.807) is 6.20 Å². The number of hydrogen-bond donors (Lipinski definition) is 2. The van der Waals surface area contributed by atoms with Crippen LogP contribution in [0.1, 0.15) is 25.5 Å². The maximum absolute atomic E-state index is 9.96. The molecule has 2 rings (SSSR count). The van der Waals surface area contributed by atoms with Gasteiger partial charge in [-0.15, -0.1) is 0 Å². The summed E-state index contributed by atoms with van der Waals surface area (Å²) >= 11 is 0. The number of nitrogens with one attached hydrogen (secondary N) is 1. The summed E-state index contributed by atoms with van der Waals surface area (Å²) in [6.45, 7) is 5.41. The number of nitrogens with zero attached hydrogens (tertiary/aromatic N) is 2. The van der Waals surface area contributed by atoms with E-state index in [0.717, 1.165) is 5.56 Å². The highest BCUT2D eigenvalue weighted by molar-refractivity contribution is 5.20. The summed E-state index contributed by atoms with van der Waals surface area (Å²) in [5.41, 5.74) is 0.243. The quantitative estimate of drug-likeness (QED) is 0.688. The van der Waals surface area contributed by atoms with E-state index in [9.17, 15) is 5.11 Å². The molecule has 1 aliphatic rings. The fraction of sp³-hybridized carbons (Fsp3) is 0.667. The van der Waals surface area contributed by atoms with E-state index in [1.165, 1.54) is 0 Å². The smallest absolute Gasteiger partial charge is 0.117 e. The molecule has 0 unspecified atom stereocenters. The van der Waals surface area contributed by atoms with Crippen molar-refractivity contribution in [1.82, 2.24) is 15.1 Å². The van der Waals surface area contributed by atoms with E-state index in [2.05, 4.69) is 24.3 Å². The highest BCUT2D eigenvalue weighted by Gasteiger charge is 2.37. The van der Waals surface area contributed by atoms with Gasteiger partial charge in [0.05, 0.1) is 6.20 Å². The Morgan fingerprint density at radius 3 is 2.69 bits per heavy atom. The molecule has 0 aliphatic carbocycles. The zero-order chi connectivity index (χ0) is 9.47. The predicted octanol–water partition coefficient (Wildman–Crippen LogP) is 0.255. The number of β-amino-alcohol motifs (C(OH)–C–C–N with tert-alkyl or cyclic N) is 1. The van der Waals surface area contributed by atoms with Gasteiger partial charge in [0.1, 0.15) is 5.60 Å². The van der Waals surface area contributed by atoms with Gasteiger partial charge in [-0.1, -0.05) is 0 Å². The van der Waals surface area contributed by atoms with Gasteiger partial charge in [0.15, 0.2) is 0 Å². The summed E-state index contributed by atoms with van der Waals surface area (Å²) in [7, 11) is 0. The molecule has 0 atom stereocenters. The van der Waals surface area contributed by atoms with Crippen molar-refractivity contribution in [2.24, 2.45) is 0 Å². The minimum absolute atomic E-state index is 0.352. The van der Waals surface area contributed by atoms with Gasteiger partial charge in [0.2, 0.25) is 0 Å². The average molecular weight is 181 g/mol. The summed E-state index contributed by atoms with van der Waals surface area (Å²) in [5, 5.41) is 17.2. The molecule has 1 aromatic rings. The molecule has 0 amide bonds. The third-order valence-corrected chi connectivity index (χ3v) is 2.50. The van der Waals surface area contributed by atoms with E-state index in [1.807, 2.05) is 10.9 Å². The van der Waals surface area contributed by atoms with Crippen molar-refractivity contribution in [1.29, 1.82) is 0 Å². The van der Waals surface area contributed by atoms with E-state index >= 15 is 0 Å². The van der Waals surface area contributed by atoms with E-state index < -0.39 is 5.60 Å². The third-order valence-electron chi connectivity index (χ3n) is 2.50. The van der Waals surface area contributed by atoms with Gasteiger partial charge in [-0.3, -0.25) is 4.68 Å². The summed E-state index contributed by atoms with van der Waals surface area (Å²) in [4.78, 5) is 0. The molecule has 2 heterocycles. The topological polar surface area (TPSA) is 50.1 Å². The van der Waals surface area contributed by atoms with Crippen molar-refractivity contribution >= 4 is 0 Å². The van der Waals surface area contributed by atoms with Crippen LogP contribution in [0.5, 0.6) is 0 Å². The normalized spacial score (nSPS) is 20.3. The number of rotatable bonds is 2. The second-order valence-corrected chi connectivity index (χ2v) is 3.94. The van der Waals surface area contributed by atoms with E-state index in [0.29, 0.717) is 19.1 Å². The maximum Gasteiger partial charge on any atom is 0.117 e. The first kappa shape index (κ1) is 8.72. The monoisotopic (exact) mass is 181 g/mol. The number of aliphatic hydroxyl groups is 1. The Balaban J connectivity index is 2.22. The first-order chi connectivity index (χ1) is 6.12. The zero-order valence-electron chi connectivity index (χ0n) is 7.99. The van der Waals surface area contributed by atoms with Crippen molar-refractivity contribution in [2.45, 2.75) is 25.5 Å². The highest BCUT2D eigenvalue weighted by atomic mass is 16.3. The van der Waals surface area contributed by atoms with Crippen LogP contribution >= 0.6 is 0 Å². The van der Waals surface area contributed by atoms with Gasteiger partial charge in [-0.25, -0.2) is 0 Å². The highest BCUT2D eigenvalue weighted by Crippen LogP contribution is 2.25. The Morgan fingerprint density at radius 1 is 1.62 bits per heavy atom. The first-order valence-corrected chi connectivity index (χ1v) is 4.59. The fourth-order valence-corrected chi connectivity index (χ4v) is 1.43. The minimum Gasteiger partial charge on any atom is -0.382 e. The molecule has 4 heteroatoms. The van der Waals surface area contributed by atoms with Crippen molar-refractivity contribution in [2.75, 3.05) is 13.1 Å². The molecule has 0 radical (unpaired) electrons. The molecule has 0 saturated carbocycles. The van der Waals surface area contributed by atoms with Crippen molar-refractivity contribution < 1.29 is 5.11 Å². The largest absolute Gasteiger partial charge is 0.382 e. The van der Waals surface area contributed by atoms with Crippen molar-refractivity contribution in [3.8, 4) is 0 Å². The van der Waals surface area contributed by atoms with Crippen LogP contribution in [0.3, 0.4) is 0 Å². The van der Waals surface area contributed by atoms with Crippen LogP contribution in [-0.2, 0) is 5.60 Å². The molecule has 2 N–H and O–H groups in total. The summed E-state index contributed by atoms with van der Waals surface area (Å²) in [6, 6.07) is 0.352. The second-order valence-electron chi connectivity index (χ2n) is 3.94. The molecule has 0 spiro atoms. The number of aromatic nitrogens is 2. The third kappa shape index (κ3) is 1.36. The van der Waals surface area contributed by atoms with E-state index in [4.69, 9.17) is 0 Å². The fourth-order valence-electron chi connectivity index (χ4n) is 1.43. The van der Waals surface area contributed by atoms with Crippen molar-refractivity contribution in [3.63, 3.8) is 0 Å². The summed E-state index contributed by atoms with van der Waals surface area (Å²) < 4.78 is 1.87. The lowest BCUT2D eigenvalue weighted by Gasteiger charge is -2.36. The van der Waals surface area contributed by atoms with Crippen LogP contribution in [0.15, 0.2) is 12.4 Å². The molecule has 72 valence electrons. The summed E-state index contributed by atoms with van der Waals surface area (Å²) in [5.74, 6) is 0. The predicted molar refractivity (Wildman–Crippen MR) is 49.4 cm³/mol. The molecule has 1 aliphatic heterocycles. The van der Waals surface area contributed by atoms with Crippen LogP contribution in [0.25, 0.3) is 0 Å². The van der Waals surface area contributed by atoms with Gasteiger partial charge in [-0.05, 0) is 13.8 Å². The van der Waals surface area contributed by atoms with Crippen LogP contribution in [0.2, 0.25) is 0 Å². The molecule has 1 fully saturated rings. The Hall–Kier alpha value is -0.870. The average Bonchev–Trinajstić information content (AvgIpc) is 2.48.